The maximum Gasteiger partial charge on any atom is 0.317 e. The average Bonchev–Trinajstić information content (AvgIpc) is 2.75. The number of piperazine rings is 1. The summed E-state index contributed by atoms with van der Waals surface area (Å²) >= 11 is 9.60. The van der Waals surface area contributed by atoms with E-state index in [2.05, 4.69) is 26.1 Å². The molecule has 1 unspecified atom stereocenters. The van der Waals surface area contributed by atoms with Gasteiger partial charge in [-0.05, 0) is 23.8 Å². The Morgan fingerprint density at radius 1 is 1.42 bits per heavy atom. The molecule has 0 spiro atoms. The van der Waals surface area contributed by atoms with E-state index in [1.807, 2.05) is 23.1 Å². The van der Waals surface area contributed by atoms with Crippen LogP contribution >= 0.6 is 27.5 Å². The number of carbonyl (C=O) groups is 1. The minimum atomic E-state index is 0.0774. The van der Waals surface area contributed by atoms with Gasteiger partial charge in [-0.3, -0.25) is 4.90 Å². The van der Waals surface area contributed by atoms with Crippen LogP contribution in [0.3, 0.4) is 0 Å². The van der Waals surface area contributed by atoms with Crippen LogP contribution in [0.5, 0.6) is 0 Å². The zero-order valence-electron chi connectivity index (χ0n) is 10.4. The number of hydrogen-bond acceptors (Lipinski definition) is 2. The van der Waals surface area contributed by atoms with Gasteiger partial charge >= 0.3 is 6.03 Å². The Kier molecular flexibility index (Phi) is 3.69. The molecule has 4 nitrogen and oxygen atoms in total. The molecule has 19 heavy (non-hydrogen) atoms. The molecule has 1 atom stereocenters. The van der Waals surface area contributed by atoms with Crippen molar-refractivity contribution in [3.05, 3.63) is 33.3 Å². The summed E-state index contributed by atoms with van der Waals surface area (Å²) in [6.07, 6.45) is 0. The SMILES string of the molecule is O=C1NCC2CN(Cc3cc(Cl)ccc3Br)CCN12. The Balaban J connectivity index is 1.68. The number of hydrogen-bond donors (Lipinski definition) is 1. The van der Waals surface area contributed by atoms with E-state index in [0.29, 0.717) is 6.04 Å². The highest BCUT2D eigenvalue weighted by Gasteiger charge is 2.35. The summed E-state index contributed by atoms with van der Waals surface area (Å²) in [6.45, 7) is 4.24. The van der Waals surface area contributed by atoms with E-state index in [1.54, 1.807) is 0 Å². The quantitative estimate of drug-likeness (QED) is 0.893. The highest BCUT2D eigenvalue weighted by molar-refractivity contribution is 9.10. The van der Waals surface area contributed by atoms with Gasteiger partial charge in [0.15, 0.2) is 0 Å². The van der Waals surface area contributed by atoms with Gasteiger partial charge in [-0.25, -0.2) is 4.79 Å². The number of fused-ring (bicyclic) bond motifs is 1. The standard InChI is InChI=1S/C13H15BrClN3O/c14-12-2-1-10(15)5-9(12)7-17-3-4-18-11(8-17)6-16-13(18)19/h1-2,5,11H,3-4,6-8H2,(H,16,19). The average molecular weight is 345 g/mol. The molecule has 0 bridgehead atoms. The number of amides is 2. The van der Waals surface area contributed by atoms with E-state index in [0.717, 1.165) is 42.2 Å². The molecule has 2 amide bonds. The molecule has 0 saturated carbocycles. The number of rotatable bonds is 2. The molecular formula is C13H15BrClN3O. The van der Waals surface area contributed by atoms with Crippen molar-refractivity contribution < 1.29 is 4.79 Å². The first kappa shape index (κ1) is 13.2. The van der Waals surface area contributed by atoms with Crippen molar-refractivity contribution in [3.63, 3.8) is 0 Å². The maximum atomic E-state index is 11.5. The Bertz CT molecular complexity index is 511. The fourth-order valence-electron chi connectivity index (χ4n) is 2.72. The maximum absolute atomic E-state index is 11.5. The van der Waals surface area contributed by atoms with Gasteiger partial charge < -0.3 is 10.2 Å². The van der Waals surface area contributed by atoms with Crippen molar-refractivity contribution >= 4 is 33.6 Å². The number of nitrogens with one attached hydrogen (secondary N) is 1. The number of halogens is 2. The third-order valence-corrected chi connectivity index (χ3v) is 4.73. The highest BCUT2D eigenvalue weighted by atomic mass is 79.9. The Morgan fingerprint density at radius 2 is 2.26 bits per heavy atom. The lowest BCUT2D eigenvalue weighted by atomic mass is 10.1. The monoisotopic (exact) mass is 343 g/mol. The van der Waals surface area contributed by atoms with Crippen LogP contribution < -0.4 is 5.32 Å². The van der Waals surface area contributed by atoms with Gasteiger partial charge in [0.05, 0.1) is 6.04 Å². The molecule has 2 fully saturated rings. The van der Waals surface area contributed by atoms with E-state index in [9.17, 15) is 4.79 Å². The molecule has 3 rings (SSSR count). The summed E-state index contributed by atoms with van der Waals surface area (Å²) in [5.41, 5.74) is 1.19. The summed E-state index contributed by atoms with van der Waals surface area (Å²) in [6, 6.07) is 6.24. The first-order chi connectivity index (χ1) is 9.13. The third-order valence-electron chi connectivity index (χ3n) is 3.72. The molecule has 2 aliphatic heterocycles. The second-order valence-electron chi connectivity index (χ2n) is 5.00. The molecule has 0 aliphatic carbocycles. The van der Waals surface area contributed by atoms with Crippen LogP contribution in [0.4, 0.5) is 4.79 Å². The first-order valence-corrected chi connectivity index (χ1v) is 7.51. The van der Waals surface area contributed by atoms with Crippen molar-refractivity contribution in [2.75, 3.05) is 26.2 Å². The van der Waals surface area contributed by atoms with Gasteiger partial charge in [-0.15, -0.1) is 0 Å². The van der Waals surface area contributed by atoms with Crippen LogP contribution in [0.1, 0.15) is 5.56 Å². The van der Waals surface area contributed by atoms with Crippen LogP contribution in [-0.4, -0.2) is 48.1 Å². The van der Waals surface area contributed by atoms with Crippen LogP contribution in [0.25, 0.3) is 0 Å². The predicted molar refractivity (Wildman–Crippen MR) is 78.3 cm³/mol. The predicted octanol–water partition coefficient (Wildman–Crippen LogP) is 2.31. The summed E-state index contributed by atoms with van der Waals surface area (Å²) in [4.78, 5) is 15.9. The van der Waals surface area contributed by atoms with Gasteiger partial charge in [0.25, 0.3) is 0 Å². The zero-order valence-corrected chi connectivity index (χ0v) is 12.7. The van der Waals surface area contributed by atoms with Crippen LogP contribution in [-0.2, 0) is 6.54 Å². The second kappa shape index (κ2) is 5.31. The van der Waals surface area contributed by atoms with E-state index in [-0.39, 0.29) is 6.03 Å². The van der Waals surface area contributed by atoms with Crippen molar-refractivity contribution in [3.8, 4) is 0 Å². The summed E-state index contributed by atoms with van der Waals surface area (Å²) in [5.74, 6) is 0. The van der Waals surface area contributed by atoms with Gasteiger partial charge in [0.1, 0.15) is 0 Å². The molecule has 2 saturated heterocycles. The molecule has 2 heterocycles. The summed E-state index contributed by atoms with van der Waals surface area (Å²) < 4.78 is 1.08. The number of benzene rings is 1. The lowest BCUT2D eigenvalue weighted by Gasteiger charge is -2.36. The van der Waals surface area contributed by atoms with Crippen LogP contribution in [0, 0.1) is 0 Å². The van der Waals surface area contributed by atoms with E-state index in [1.165, 1.54) is 5.56 Å². The molecular weight excluding hydrogens is 330 g/mol. The summed E-state index contributed by atoms with van der Waals surface area (Å²) in [5, 5.41) is 3.66. The van der Waals surface area contributed by atoms with Crippen molar-refractivity contribution in [2.45, 2.75) is 12.6 Å². The zero-order chi connectivity index (χ0) is 13.4. The molecule has 0 aromatic heterocycles. The van der Waals surface area contributed by atoms with Gasteiger partial charge in [-0.2, -0.15) is 0 Å². The molecule has 1 aromatic carbocycles. The van der Waals surface area contributed by atoms with Crippen LogP contribution in [0.2, 0.25) is 5.02 Å². The second-order valence-corrected chi connectivity index (χ2v) is 6.29. The first-order valence-electron chi connectivity index (χ1n) is 6.34. The minimum Gasteiger partial charge on any atom is -0.336 e. The lowest BCUT2D eigenvalue weighted by Crippen LogP contribution is -2.51. The van der Waals surface area contributed by atoms with Crippen LogP contribution in [0.15, 0.2) is 22.7 Å². The lowest BCUT2D eigenvalue weighted by molar-refractivity contribution is 0.116. The molecule has 6 heteroatoms. The van der Waals surface area contributed by atoms with Crippen molar-refractivity contribution in [1.29, 1.82) is 0 Å². The van der Waals surface area contributed by atoms with Crippen molar-refractivity contribution in [1.82, 2.24) is 15.1 Å². The van der Waals surface area contributed by atoms with Gasteiger partial charge in [-0.1, -0.05) is 27.5 Å². The largest absolute Gasteiger partial charge is 0.336 e. The molecule has 1 N–H and O–H groups in total. The minimum absolute atomic E-state index is 0.0774. The number of nitrogens with zero attached hydrogens (tertiary/aromatic N) is 2. The van der Waals surface area contributed by atoms with Gasteiger partial charge in [0.2, 0.25) is 0 Å². The topological polar surface area (TPSA) is 35.6 Å². The Labute approximate surface area is 125 Å². The number of urea groups is 1. The van der Waals surface area contributed by atoms with E-state index < -0.39 is 0 Å². The fraction of sp³-hybridized carbons (Fsp3) is 0.462. The number of carbonyl (C=O) groups excluding carboxylic acids is 1. The molecule has 2 aliphatic rings. The highest BCUT2D eigenvalue weighted by Crippen LogP contribution is 2.24. The fourth-order valence-corrected chi connectivity index (χ4v) is 3.28. The molecule has 1 aromatic rings. The third kappa shape index (κ3) is 2.73. The Morgan fingerprint density at radius 3 is 3.11 bits per heavy atom. The Hall–Kier alpha value is -0.780. The normalized spacial score (nSPS) is 23.4. The van der Waals surface area contributed by atoms with Gasteiger partial charge in [0, 0.05) is 42.2 Å². The smallest absolute Gasteiger partial charge is 0.317 e. The van der Waals surface area contributed by atoms with E-state index >= 15 is 0 Å². The van der Waals surface area contributed by atoms with Crippen molar-refractivity contribution in [2.24, 2.45) is 0 Å². The van der Waals surface area contributed by atoms with E-state index in [4.69, 9.17) is 11.6 Å². The summed E-state index contributed by atoms with van der Waals surface area (Å²) in [7, 11) is 0. The molecule has 102 valence electrons. The molecule has 0 radical (unpaired) electrons.